The van der Waals surface area contributed by atoms with Crippen molar-refractivity contribution in [2.75, 3.05) is 26.7 Å². The van der Waals surface area contributed by atoms with Gasteiger partial charge in [-0.1, -0.05) is 42.6 Å². The van der Waals surface area contributed by atoms with Gasteiger partial charge in [-0.25, -0.2) is 0 Å². The Morgan fingerprint density at radius 2 is 1.91 bits per heavy atom. The Hall–Kier alpha value is -0.530. The van der Waals surface area contributed by atoms with Gasteiger partial charge in [-0.05, 0) is 18.9 Å². The summed E-state index contributed by atoms with van der Waals surface area (Å²) in [5, 5.41) is 0.702. The summed E-state index contributed by atoms with van der Waals surface area (Å²) < 4.78 is 5.51. The fraction of sp³-hybridized carbons (Fsp3) is 0.562. The number of nitrogens with two attached hydrogens (primary N) is 1. The SMILES string of the molecule is COC(CN=C(N)N1CCCCCC1)c1ccccc1Cl.I. The van der Waals surface area contributed by atoms with Crippen LogP contribution in [0.3, 0.4) is 0 Å². The number of hydrogen-bond donors (Lipinski definition) is 1. The summed E-state index contributed by atoms with van der Waals surface area (Å²) in [7, 11) is 1.67. The molecule has 22 heavy (non-hydrogen) atoms. The number of nitrogens with zero attached hydrogens (tertiary/aromatic N) is 2. The summed E-state index contributed by atoms with van der Waals surface area (Å²) in [5.41, 5.74) is 7.08. The van der Waals surface area contributed by atoms with Crippen molar-refractivity contribution >= 4 is 41.5 Å². The first-order valence-corrected chi connectivity index (χ1v) is 7.92. The first-order valence-electron chi connectivity index (χ1n) is 7.54. The van der Waals surface area contributed by atoms with Crippen LogP contribution in [0.2, 0.25) is 5.02 Å². The molecule has 1 heterocycles. The number of halogens is 2. The second kappa shape index (κ2) is 10.3. The molecule has 4 nitrogen and oxygen atoms in total. The molecule has 1 aromatic rings. The maximum atomic E-state index is 6.21. The third-order valence-electron chi connectivity index (χ3n) is 3.89. The summed E-state index contributed by atoms with van der Waals surface area (Å²) >= 11 is 6.21. The minimum atomic E-state index is -0.163. The molecule has 0 aliphatic carbocycles. The second-order valence-corrected chi connectivity index (χ2v) is 5.75. The van der Waals surface area contributed by atoms with Gasteiger partial charge in [-0.3, -0.25) is 4.99 Å². The molecule has 1 unspecified atom stereocenters. The molecule has 1 aliphatic heterocycles. The first kappa shape index (κ1) is 19.5. The molecule has 1 fully saturated rings. The van der Waals surface area contributed by atoms with Crippen molar-refractivity contribution in [1.29, 1.82) is 0 Å². The van der Waals surface area contributed by atoms with E-state index in [2.05, 4.69) is 9.89 Å². The molecule has 0 amide bonds. The van der Waals surface area contributed by atoms with Crippen LogP contribution in [0.25, 0.3) is 0 Å². The van der Waals surface area contributed by atoms with Gasteiger partial charge in [0.15, 0.2) is 5.96 Å². The average Bonchev–Trinajstić information content (AvgIpc) is 2.78. The van der Waals surface area contributed by atoms with Crippen molar-refractivity contribution in [3.05, 3.63) is 34.9 Å². The van der Waals surface area contributed by atoms with Gasteiger partial charge in [0.1, 0.15) is 6.10 Å². The van der Waals surface area contributed by atoms with E-state index < -0.39 is 0 Å². The van der Waals surface area contributed by atoms with E-state index in [-0.39, 0.29) is 30.1 Å². The van der Waals surface area contributed by atoms with Gasteiger partial charge in [0.05, 0.1) is 6.54 Å². The van der Waals surface area contributed by atoms with Crippen molar-refractivity contribution in [3.8, 4) is 0 Å². The molecule has 0 saturated carbocycles. The Bertz CT molecular complexity index is 476. The summed E-state index contributed by atoms with van der Waals surface area (Å²) in [6.45, 7) is 2.49. The van der Waals surface area contributed by atoms with Crippen LogP contribution in [0.1, 0.15) is 37.4 Å². The zero-order valence-electron chi connectivity index (χ0n) is 13.0. The Morgan fingerprint density at radius 1 is 1.27 bits per heavy atom. The van der Waals surface area contributed by atoms with Gasteiger partial charge >= 0.3 is 0 Å². The predicted octanol–water partition coefficient (Wildman–Crippen LogP) is 3.84. The lowest BCUT2D eigenvalue weighted by molar-refractivity contribution is 0.111. The third kappa shape index (κ3) is 5.59. The van der Waals surface area contributed by atoms with E-state index in [1.54, 1.807) is 7.11 Å². The van der Waals surface area contributed by atoms with E-state index in [4.69, 9.17) is 22.1 Å². The quantitative estimate of drug-likeness (QED) is 0.442. The molecule has 0 bridgehead atoms. The Morgan fingerprint density at radius 3 is 2.50 bits per heavy atom. The molecule has 124 valence electrons. The lowest BCUT2D eigenvalue weighted by atomic mass is 10.1. The maximum Gasteiger partial charge on any atom is 0.191 e. The van der Waals surface area contributed by atoms with Crippen LogP contribution in [-0.4, -0.2) is 37.6 Å². The van der Waals surface area contributed by atoms with E-state index >= 15 is 0 Å². The van der Waals surface area contributed by atoms with E-state index in [0.717, 1.165) is 18.7 Å². The largest absolute Gasteiger partial charge is 0.375 e. The second-order valence-electron chi connectivity index (χ2n) is 5.35. The topological polar surface area (TPSA) is 50.9 Å². The molecule has 2 N–H and O–H groups in total. The van der Waals surface area contributed by atoms with Gasteiger partial charge in [-0.2, -0.15) is 0 Å². The number of aliphatic imine (C=N–C) groups is 1. The van der Waals surface area contributed by atoms with Gasteiger partial charge in [-0.15, -0.1) is 24.0 Å². The van der Waals surface area contributed by atoms with Gasteiger partial charge < -0.3 is 15.4 Å². The van der Waals surface area contributed by atoms with E-state index in [1.807, 2.05) is 24.3 Å². The van der Waals surface area contributed by atoms with Crippen LogP contribution in [0, 0.1) is 0 Å². The zero-order chi connectivity index (χ0) is 15.1. The van der Waals surface area contributed by atoms with Crippen molar-refractivity contribution in [1.82, 2.24) is 4.90 Å². The number of guanidine groups is 1. The highest BCUT2D eigenvalue weighted by molar-refractivity contribution is 14.0. The number of likely N-dealkylation sites (tertiary alicyclic amines) is 1. The predicted molar refractivity (Wildman–Crippen MR) is 103 cm³/mol. The molecule has 1 atom stereocenters. The normalized spacial score (nSPS) is 17.5. The lowest BCUT2D eigenvalue weighted by Gasteiger charge is -2.22. The van der Waals surface area contributed by atoms with Crippen LogP contribution in [0.15, 0.2) is 29.3 Å². The summed E-state index contributed by atoms with van der Waals surface area (Å²) in [5.74, 6) is 0.617. The molecule has 6 heteroatoms. The highest BCUT2D eigenvalue weighted by atomic mass is 127. The minimum Gasteiger partial charge on any atom is -0.375 e. The fourth-order valence-electron chi connectivity index (χ4n) is 2.61. The van der Waals surface area contributed by atoms with E-state index in [9.17, 15) is 0 Å². The number of hydrogen-bond acceptors (Lipinski definition) is 2. The standard InChI is InChI=1S/C16H24ClN3O.HI/c1-21-15(13-8-4-5-9-14(13)17)12-19-16(18)20-10-6-2-3-7-11-20;/h4-5,8-9,15H,2-3,6-7,10-12H2,1H3,(H2,18,19);1H. The number of benzene rings is 1. The average molecular weight is 438 g/mol. The summed E-state index contributed by atoms with van der Waals surface area (Å²) in [6.07, 6.45) is 4.78. The smallest absolute Gasteiger partial charge is 0.191 e. The van der Waals surface area contributed by atoms with Gasteiger partial charge in [0.25, 0.3) is 0 Å². The monoisotopic (exact) mass is 437 g/mol. The zero-order valence-corrected chi connectivity index (χ0v) is 16.1. The summed E-state index contributed by atoms with van der Waals surface area (Å²) in [6, 6.07) is 7.70. The van der Waals surface area contributed by atoms with Crippen molar-refractivity contribution < 1.29 is 4.74 Å². The van der Waals surface area contributed by atoms with Crippen LogP contribution < -0.4 is 5.73 Å². The van der Waals surface area contributed by atoms with E-state index in [1.165, 1.54) is 25.7 Å². The number of methoxy groups -OCH3 is 1. The molecule has 0 spiro atoms. The number of ether oxygens (including phenoxy) is 1. The molecular formula is C16H25ClIN3O. The van der Waals surface area contributed by atoms with Crippen molar-refractivity contribution in [3.63, 3.8) is 0 Å². The van der Waals surface area contributed by atoms with E-state index in [0.29, 0.717) is 17.5 Å². The molecule has 1 aromatic carbocycles. The molecule has 2 rings (SSSR count). The molecule has 0 aromatic heterocycles. The first-order chi connectivity index (χ1) is 10.2. The maximum absolute atomic E-state index is 6.21. The van der Waals surface area contributed by atoms with Gasteiger partial charge in [0, 0.05) is 30.8 Å². The van der Waals surface area contributed by atoms with Crippen LogP contribution in [0.5, 0.6) is 0 Å². The molecule has 1 saturated heterocycles. The van der Waals surface area contributed by atoms with Gasteiger partial charge in [0.2, 0.25) is 0 Å². The van der Waals surface area contributed by atoms with Crippen molar-refractivity contribution in [2.24, 2.45) is 10.7 Å². The van der Waals surface area contributed by atoms with Crippen LogP contribution >= 0.6 is 35.6 Å². The third-order valence-corrected chi connectivity index (χ3v) is 4.23. The highest BCUT2D eigenvalue weighted by Gasteiger charge is 2.15. The Kier molecular flexibility index (Phi) is 9.12. The number of rotatable bonds is 4. The van der Waals surface area contributed by atoms with Crippen LogP contribution in [-0.2, 0) is 4.74 Å². The Labute approximate surface area is 155 Å². The van der Waals surface area contributed by atoms with Crippen LogP contribution in [0.4, 0.5) is 0 Å². The lowest BCUT2D eigenvalue weighted by Crippen LogP contribution is -2.38. The van der Waals surface area contributed by atoms with Crippen molar-refractivity contribution in [2.45, 2.75) is 31.8 Å². The highest BCUT2D eigenvalue weighted by Crippen LogP contribution is 2.25. The fourth-order valence-corrected chi connectivity index (χ4v) is 2.87. The Balaban J connectivity index is 0.00000242. The summed E-state index contributed by atoms with van der Waals surface area (Å²) in [4.78, 5) is 6.69. The molecular weight excluding hydrogens is 413 g/mol. The molecule has 1 aliphatic rings. The minimum absolute atomic E-state index is 0. The molecule has 0 radical (unpaired) electrons.